The van der Waals surface area contributed by atoms with Crippen molar-refractivity contribution in [3.8, 4) is 0 Å². The lowest BCUT2D eigenvalue weighted by Crippen LogP contribution is -2.38. The van der Waals surface area contributed by atoms with E-state index in [1.165, 1.54) is 10.6 Å². The Bertz CT molecular complexity index is 468. The van der Waals surface area contributed by atoms with E-state index in [2.05, 4.69) is 10.1 Å². The molecule has 1 aliphatic heterocycles. The largest absolute Gasteiger partial charge is 0.340 e. The number of nitrogens with zero attached hydrogens (tertiary/aromatic N) is 3. The number of rotatable bonds is 2. The molecule has 2 heterocycles. The third kappa shape index (κ3) is 2.25. The Morgan fingerprint density at radius 3 is 2.75 bits per heavy atom. The molecule has 1 fully saturated rings. The number of aryl methyl sites for hydroxylation is 1. The van der Waals surface area contributed by atoms with Crippen LogP contribution in [-0.4, -0.2) is 35.7 Å². The lowest BCUT2D eigenvalue weighted by atomic mass is 10.0. The van der Waals surface area contributed by atoms with Crippen molar-refractivity contribution in [1.82, 2.24) is 14.4 Å². The van der Waals surface area contributed by atoms with Crippen LogP contribution in [0.5, 0.6) is 0 Å². The Morgan fingerprint density at radius 2 is 2.19 bits per heavy atom. The Kier molecular flexibility index (Phi) is 2.98. The van der Waals surface area contributed by atoms with Gasteiger partial charge in [-0.2, -0.15) is 9.29 Å². The van der Waals surface area contributed by atoms with Gasteiger partial charge in [0.05, 0.1) is 12.3 Å². The number of hydrogen-bond acceptors (Lipinski definition) is 5. The van der Waals surface area contributed by atoms with E-state index >= 15 is 0 Å². The van der Waals surface area contributed by atoms with Gasteiger partial charge in [-0.3, -0.25) is 0 Å². The standard InChI is InChI=1S/C9H15N3O3S/c1-7-10-9(11-15-7)8-5-3-4-6-12(8)16(2,13)14/h8H,3-6H2,1-2H3/t8-/m0/s1. The summed E-state index contributed by atoms with van der Waals surface area (Å²) in [6, 6.07) is -0.263. The SMILES string of the molecule is Cc1nc([C@@H]2CCCCN2S(C)(=O)=O)no1. The molecule has 0 spiro atoms. The van der Waals surface area contributed by atoms with Crippen molar-refractivity contribution in [2.45, 2.75) is 32.2 Å². The van der Waals surface area contributed by atoms with E-state index in [0.717, 1.165) is 19.3 Å². The van der Waals surface area contributed by atoms with Gasteiger partial charge < -0.3 is 4.52 Å². The third-order valence-corrected chi connectivity index (χ3v) is 4.01. The van der Waals surface area contributed by atoms with E-state index in [0.29, 0.717) is 18.3 Å². The molecule has 16 heavy (non-hydrogen) atoms. The lowest BCUT2D eigenvalue weighted by Gasteiger charge is -2.31. The van der Waals surface area contributed by atoms with Gasteiger partial charge in [-0.05, 0) is 12.8 Å². The lowest BCUT2D eigenvalue weighted by molar-refractivity contribution is 0.241. The first kappa shape index (κ1) is 11.5. The van der Waals surface area contributed by atoms with Crippen LogP contribution in [-0.2, 0) is 10.0 Å². The van der Waals surface area contributed by atoms with Gasteiger partial charge in [0, 0.05) is 13.5 Å². The molecule has 0 N–H and O–H groups in total. The average Bonchev–Trinajstić information content (AvgIpc) is 2.64. The predicted molar refractivity (Wildman–Crippen MR) is 57.2 cm³/mol. The molecule has 0 saturated carbocycles. The number of hydrogen-bond donors (Lipinski definition) is 0. The Balaban J connectivity index is 2.30. The summed E-state index contributed by atoms with van der Waals surface area (Å²) in [5.74, 6) is 0.941. The quantitative estimate of drug-likeness (QED) is 0.772. The number of sulfonamides is 1. The molecule has 0 aliphatic carbocycles. The van der Waals surface area contributed by atoms with Gasteiger partial charge in [-0.25, -0.2) is 8.42 Å². The first-order valence-electron chi connectivity index (χ1n) is 5.25. The minimum absolute atomic E-state index is 0.263. The van der Waals surface area contributed by atoms with Crippen molar-refractivity contribution in [3.05, 3.63) is 11.7 Å². The molecule has 6 nitrogen and oxygen atoms in total. The van der Waals surface area contributed by atoms with E-state index in [1.807, 2.05) is 0 Å². The molecule has 1 aromatic rings. The molecular weight excluding hydrogens is 230 g/mol. The highest BCUT2D eigenvalue weighted by molar-refractivity contribution is 7.88. The smallest absolute Gasteiger partial charge is 0.223 e. The first-order chi connectivity index (χ1) is 7.48. The monoisotopic (exact) mass is 245 g/mol. The molecule has 1 aromatic heterocycles. The second kappa shape index (κ2) is 4.14. The van der Waals surface area contributed by atoms with Crippen molar-refractivity contribution < 1.29 is 12.9 Å². The molecule has 0 bridgehead atoms. The van der Waals surface area contributed by atoms with Crippen molar-refractivity contribution in [2.24, 2.45) is 0 Å². The van der Waals surface area contributed by atoms with Crippen molar-refractivity contribution in [2.75, 3.05) is 12.8 Å². The maximum Gasteiger partial charge on any atom is 0.223 e. The van der Waals surface area contributed by atoms with Gasteiger partial charge in [0.1, 0.15) is 0 Å². The second-order valence-electron chi connectivity index (χ2n) is 4.06. The Hall–Kier alpha value is -0.950. The van der Waals surface area contributed by atoms with Crippen LogP contribution < -0.4 is 0 Å². The van der Waals surface area contributed by atoms with Gasteiger partial charge in [0.2, 0.25) is 15.9 Å². The van der Waals surface area contributed by atoms with Crippen LogP contribution in [0.3, 0.4) is 0 Å². The summed E-state index contributed by atoms with van der Waals surface area (Å²) < 4.78 is 29.6. The highest BCUT2D eigenvalue weighted by atomic mass is 32.2. The van der Waals surface area contributed by atoms with E-state index in [-0.39, 0.29) is 6.04 Å². The third-order valence-electron chi connectivity index (χ3n) is 2.72. The van der Waals surface area contributed by atoms with Crippen LogP contribution in [0.2, 0.25) is 0 Å². The zero-order chi connectivity index (χ0) is 11.8. The molecule has 0 radical (unpaired) electrons. The van der Waals surface area contributed by atoms with Gasteiger partial charge in [-0.1, -0.05) is 11.6 Å². The minimum atomic E-state index is -3.20. The molecule has 1 atom stereocenters. The van der Waals surface area contributed by atoms with Crippen LogP contribution in [0.25, 0.3) is 0 Å². The predicted octanol–water partition coefficient (Wildman–Crippen LogP) is 0.865. The zero-order valence-electron chi connectivity index (χ0n) is 9.38. The van der Waals surface area contributed by atoms with E-state index in [4.69, 9.17) is 4.52 Å². The normalized spacial score (nSPS) is 23.5. The van der Waals surface area contributed by atoms with Gasteiger partial charge in [0.15, 0.2) is 5.82 Å². The summed E-state index contributed by atoms with van der Waals surface area (Å²) in [4.78, 5) is 4.11. The van der Waals surface area contributed by atoms with Crippen LogP contribution in [0.1, 0.15) is 37.0 Å². The zero-order valence-corrected chi connectivity index (χ0v) is 10.2. The van der Waals surface area contributed by atoms with Gasteiger partial charge in [0.25, 0.3) is 0 Å². The molecule has 0 unspecified atom stereocenters. The Labute approximate surface area is 94.7 Å². The van der Waals surface area contributed by atoms with E-state index in [1.54, 1.807) is 6.92 Å². The molecule has 1 saturated heterocycles. The van der Waals surface area contributed by atoms with Crippen molar-refractivity contribution >= 4 is 10.0 Å². The van der Waals surface area contributed by atoms with Crippen molar-refractivity contribution in [3.63, 3.8) is 0 Å². The van der Waals surface area contributed by atoms with E-state index < -0.39 is 10.0 Å². The summed E-state index contributed by atoms with van der Waals surface area (Å²) in [7, 11) is -3.20. The summed E-state index contributed by atoms with van der Waals surface area (Å²) >= 11 is 0. The maximum atomic E-state index is 11.6. The first-order valence-corrected chi connectivity index (χ1v) is 7.10. The number of piperidine rings is 1. The highest BCUT2D eigenvalue weighted by Crippen LogP contribution is 2.30. The van der Waals surface area contributed by atoms with Gasteiger partial charge in [-0.15, -0.1) is 0 Å². The minimum Gasteiger partial charge on any atom is -0.340 e. The second-order valence-corrected chi connectivity index (χ2v) is 5.99. The molecule has 0 aromatic carbocycles. The molecule has 0 amide bonds. The number of aromatic nitrogens is 2. The fraction of sp³-hybridized carbons (Fsp3) is 0.778. The van der Waals surface area contributed by atoms with Crippen LogP contribution >= 0.6 is 0 Å². The maximum absolute atomic E-state index is 11.6. The van der Waals surface area contributed by atoms with Gasteiger partial charge >= 0.3 is 0 Å². The van der Waals surface area contributed by atoms with Crippen LogP contribution in [0, 0.1) is 6.92 Å². The molecule has 7 heteroatoms. The average molecular weight is 245 g/mol. The summed E-state index contributed by atoms with van der Waals surface area (Å²) in [6.45, 7) is 2.24. The summed E-state index contributed by atoms with van der Waals surface area (Å²) in [5.41, 5.74) is 0. The topological polar surface area (TPSA) is 76.3 Å². The Morgan fingerprint density at radius 1 is 1.44 bits per heavy atom. The summed E-state index contributed by atoms with van der Waals surface area (Å²) in [6.07, 6.45) is 3.86. The van der Waals surface area contributed by atoms with E-state index in [9.17, 15) is 8.42 Å². The van der Waals surface area contributed by atoms with Crippen LogP contribution in [0.4, 0.5) is 0 Å². The molecule has 90 valence electrons. The molecule has 2 rings (SSSR count). The fourth-order valence-corrected chi connectivity index (χ4v) is 3.13. The summed E-state index contributed by atoms with van der Waals surface area (Å²) in [5, 5.41) is 3.81. The fourth-order valence-electron chi connectivity index (χ4n) is 2.01. The van der Waals surface area contributed by atoms with Crippen molar-refractivity contribution in [1.29, 1.82) is 0 Å². The highest BCUT2D eigenvalue weighted by Gasteiger charge is 2.33. The van der Waals surface area contributed by atoms with Crippen LogP contribution in [0.15, 0.2) is 4.52 Å². The molecular formula is C9H15N3O3S. The molecule has 1 aliphatic rings.